The maximum Gasteiger partial charge on any atom is 0.224 e. The molecular weight excluding hydrogens is 256 g/mol. The smallest absolute Gasteiger partial charge is 0.224 e. The Bertz CT molecular complexity index is 408. The van der Waals surface area contributed by atoms with E-state index in [0.29, 0.717) is 44.0 Å². The van der Waals surface area contributed by atoms with Crippen LogP contribution in [0.5, 0.6) is 0 Å². The zero-order valence-electron chi connectivity index (χ0n) is 12.2. The van der Waals surface area contributed by atoms with E-state index in [0.717, 1.165) is 0 Å². The van der Waals surface area contributed by atoms with Crippen LogP contribution in [0.15, 0.2) is 24.3 Å². The minimum absolute atomic E-state index is 0.0510. The Balaban J connectivity index is 2.08. The fraction of sp³-hybridized carbons (Fsp3) is 0.533. The maximum absolute atomic E-state index is 11.7. The second kappa shape index (κ2) is 9.34. The van der Waals surface area contributed by atoms with Gasteiger partial charge in [-0.15, -0.1) is 0 Å². The third-order valence-electron chi connectivity index (χ3n) is 2.61. The van der Waals surface area contributed by atoms with Crippen LogP contribution in [0.4, 0.5) is 11.4 Å². The normalized spacial score (nSPS) is 10.8. The minimum Gasteiger partial charge on any atom is -0.397 e. The van der Waals surface area contributed by atoms with Crippen LogP contribution in [-0.4, -0.2) is 31.8 Å². The Morgan fingerprint density at radius 1 is 1.25 bits per heavy atom. The highest BCUT2D eigenvalue weighted by Gasteiger charge is 2.04. The maximum atomic E-state index is 11.7. The van der Waals surface area contributed by atoms with E-state index in [1.807, 2.05) is 26.0 Å². The first-order valence-corrected chi connectivity index (χ1v) is 6.93. The van der Waals surface area contributed by atoms with Crippen molar-refractivity contribution in [3.05, 3.63) is 24.3 Å². The van der Waals surface area contributed by atoms with Gasteiger partial charge in [0.2, 0.25) is 5.91 Å². The van der Waals surface area contributed by atoms with Gasteiger partial charge in [0.25, 0.3) is 0 Å². The number of benzene rings is 1. The molecule has 20 heavy (non-hydrogen) atoms. The van der Waals surface area contributed by atoms with E-state index >= 15 is 0 Å². The summed E-state index contributed by atoms with van der Waals surface area (Å²) in [5.41, 5.74) is 6.98. The van der Waals surface area contributed by atoms with Crippen molar-refractivity contribution < 1.29 is 14.3 Å². The lowest BCUT2D eigenvalue weighted by atomic mass is 10.2. The van der Waals surface area contributed by atoms with Gasteiger partial charge in [0.15, 0.2) is 0 Å². The number of ether oxygens (including phenoxy) is 2. The summed E-state index contributed by atoms with van der Waals surface area (Å²) < 4.78 is 10.7. The average Bonchev–Trinajstić information content (AvgIpc) is 2.40. The molecule has 0 unspecified atom stereocenters. The summed E-state index contributed by atoms with van der Waals surface area (Å²) in [5.74, 6) is -0.0510. The van der Waals surface area contributed by atoms with E-state index in [2.05, 4.69) is 5.32 Å². The van der Waals surface area contributed by atoms with E-state index in [4.69, 9.17) is 15.2 Å². The molecule has 1 rings (SSSR count). The zero-order chi connectivity index (χ0) is 14.8. The molecule has 0 saturated heterocycles. The number of carbonyl (C=O) groups excluding carboxylic acids is 1. The van der Waals surface area contributed by atoms with Crippen LogP contribution in [0.3, 0.4) is 0 Å². The van der Waals surface area contributed by atoms with Gasteiger partial charge in [-0.3, -0.25) is 4.79 Å². The number of nitrogen functional groups attached to an aromatic ring is 1. The van der Waals surface area contributed by atoms with Crippen LogP contribution >= 0.6 is 0 Å². The van der Waals surface area contributed by atoms with Crippen molar-refractivity contribution in [1.82, 2.24) is 0 Å². The van der Waals surface area contributed by atoms with Gasteiger partial charge in [-0.25, -0.2) is 0 Å². The van der Waals surface area contributed by atoms with E-state index in [-0.39, 0.29) is 12.0 Å². The minimum atomic E-state index is -0.0510. The number of nitrogens with one attached hydrogen (secondary N) is 1. The molecule has 0 heterocycles. The number of hydrogen-bond donors (Lipinski definition) is 2. The van der Waals surface area contributed by atoms with Crippen LogP contribution < -0.4 is 11.1 Å². The molecule has 3 N–H and O–H groups in total. The Kier molecular flexibility index (Phi) is 7.69. The fourth-order valence-corrected chi connectivity index (χ4v) is 1.60. The number of hydrogen-bond acceptors (Lipinski definition) is 4. The van der Waals surface area contributed by atoms with Crippen molar-refractivity contribution in [2.24, 2.45) is 0 Å². The van der Waals surface area contributed by atoms with E-state index < -0.39 is 0 Å². The zero-order valence-corrected chi connectivity index (χ0v) is 12.2. The summed E-state index contributed by atoms with van der Waals surface area (Å²) in [6, 6.07) is 7.21. The van der Waals surface area contributed by atoms with Crippen LogP contribution in [-0.2, 0) is 14.3 Å². The topological polar surface area (TPSA) is 73.6 Å². The van der Waals surface area contributed by atoms with Gasteiger partial charge in [-0.2, -0.15) is 0 Å². The molecule has 0 atom stereocenters. The predicted octanol–water partition coefficient (Wildman–Crippen LogP) is 2.43. The van der Waals surface area contributed by atoms with Crippen LogP contribution in [0.2, 0.25) is 0 Å². The molecule has 0 aliphatic heterocycles. The van der Waals surface area contributed by atoms with Gasteiger partial charge in [-0.05, 0) is 32.4 Å². The SMILES string of the molecule is CC(C)OCCOCCCC(=O)Nc1ccccc1N. The second-order valence-electron chi connectivity index (χ2n) is 4.77. The fourth-order valence-electron chi connectivity index (χ4n) is 1.60. The first-order chi connectivity index (χ1) is 9.59. The summed E-state index contributed by atoms with van der Waals surface area (Å²) in [5, 5.41) is 2.78. The number of anilines is 2. The van der Waals surface area contributed by atoms with Crippen molar-refractivity contribution in [1.29, 1.82) is 0 Å². The van der Waals surface area contributed by atoms with Gasteiger partial charge in [0.05, 0.1) is 30.7 Å². The molecule has 1 aromatic carbocycles. The van der Waals surface area contributed by atoms with Crippen molar-refractivity contribution in [2.75, 3.05) is 30.9 Å². The van der Waals surface area contributed by atoms with Gasteiger partial charge < -0.3 is 20.5 Å². The van der Waals surface area contributed by atoms with Crippen LogP contribution in [0.25, 0.3) is 0 Å². The Morgan fingerprint density at radius 3 is 2.70 bits per heavy atom. The highest BCUT2D eigenvalue weighted by molar-refractivity contribution is 5.93. The average molecular weight is 280 g/mol. The van der Waals surface area contributed by atoms with Crippen LogP contribution in [0, 0.1) is 0 Å². The molecule has 5 nitrogen and oxygen atoms in total. The van der Waals surface area contributed by atoms with Crippen LogP contribution in [0.1, 0.15) is 26.7 Å². The molecule has 1 amide bonds. The van der Waals surface area contributed by atoms with Gasteiger partial charge >= 0.3 is 0 Å². The monoisotopic (exact) mass is 280 g/mol. The second-order valence-corrected chi connectivity index (χ2v) is 4.77. The standard InChI is InChI=1S/C15H24N2O3/c1-12(2)20-11-10-19-9-5-8-15(18)17-14-7-4-3-6-13(14)16/h3-4,6-7,12H,5,8-11,16H2,1-2H3,(H,17,18). The van der Waals surface area contributed by atoms with Crippen molar-refractivity contribution in [2.45, 2.75) is 32.8 Å². The van der Waals surface area contributed by atoms with Gasteiger partial charge in [0.1, 0.15) is 0 Å². The lowest BCUT2D eigenvalue weighted by Crippen LogP contribution is -2.14. The Labute approximate surface area is 120 Å². The summed E-state index contributed by atoms with van der Waals surface area (Å²) in [7, 11) is 0. The van der Waals surface area contributed by atoms with E-state index in [1.165, 1.54) is 0 Å². The first kappa shape index (κ1) is 16.5. The Morgan fingerprint density at radius 2 is 2.00 bits per heavy atom. The molecule has 0 aliphatic rings. The Hall–Kier alpha value is -1.59. The molecule has 0 aromatic heterocycles. The third kappa shape index (κ3) is 7.11. The van der Waals surface area contributed by atoms with E-state index in [1.54, 1.807) is 12.1 Å². The van der Waals surface area contributed by atoms with Crippen molar-refractivity contribution in [3.63, 3.8) is 0 Å². The molecule has 0 aliphatic carbocycles. The first-order valence-electron chi connectivity index (χ1n) is 6.93. The van der Waals surface area contributed by atoms with Crippen molar-refractivity contribution >= 4 is 17.3 Å². The quantitative estimate of drug-likeness (QED) is 0.538. The molecule has 1 aromatic rings. The molecule has 5 heteroatoms. The molecule has 0 bridgehead atoms. The summed E-state index contributed by atoms with van der Waals surface area (Å²) in [4.78, 5) is 11.7. The van der Waals surface area contributed by atoms with Gasteiger partial charge in [-0.1, -0.05) is 12.1 Å². The molecule has 0 radical (unpaired) electrons. The van der Waals surface area contributed by atoms with E-state index in [9.17, 15) is 4.79 Å². The lowest BCUT2D eigenvalue weighted by Gasteiger charge is -2.09. The number of rotatable bonds is 9. The highest BCUT2D eigenvalue weighted by Crippen LogP contribution is 2.16. The molecule has 112 valence electrons. The van der Waals surface area contributed by atoms with Crippen molar-refractivity contribution in [3.8, 4) is 0 Å². The largest absolute Gasteiger partial charge is 0.397 e. The highest BCUT2D eigenvalue weighted by atomic mass is 16.5. The van der Waals surface area contributed by atoms with Gasteiger partial charge in [0, 0.05) is 13.0 Å². The molecule has 0 saturated carbocycles. The molecule has 0 fully saturated rings. The molecule has 0 spiro atoms. The third-order valence-corrected chi connectivity index (χ3v) is 2.61. The summed E-state index contributed by atoms with van der Waals surface area (Å²) in [6.45, 7) is 5.67. The predicted molar refractivity (Wildman–Crippen MR) is 80.6 cm³/mol. The summed E-state index contributed by atoms with van der Waals surface area (Å²) in [6.07, 6.45) is 1.32. The number of carbonyl (C=O) groups is 1. The molecular formula is C15H24N2O3. The summed E-state index contributed by atoms with van der Waals surface area (Å²) >= 11 is 0. The number of nitrogens with two attached hydrogens (primary N) is 1. The number of amides is 1. The number of para-hydroxylation sites is 2. The lowest BCUT2D eigenvalue weighted by molar-refractivity contribution is -0.116.